The summed E-state index contributed by atoms with van der Waals surface area (Å²) in [5, 5.41) is 12.2. The van der Waals surface area contributed by atoms with Crippen molar-refractivity contribution in [2.75, 3.05) is 13.1 Å². The third-order valence-corrected chi connectivity index (χ3v) is 3.74. The second-order valence-corrected chi connectivity index (χ2v) is 5.19. The van der Waals surface area contributed by atoms with Crippen molar-refractivity contribution in [3.05, 3.63) is 35.4 Å². The Hall–Kier alpha value is -1.33. The quantitative estimate of drug-likeness (QED) is 0.760. The summed E-state index contributed by atoms with van der Waals surface area (Å²) in [6.45, 7) is 4.18. The first-order chi connectivity index (χ1) is 8.26. The normalized spacial score (nSPS) is 16.5. The highest BCUT2D eigenvalue weighted by molar-refractivity contribution is 5.25. The van der Waals surface area contributed by atoms with E-state index >= 15 is 0 Å². The molecule has 0 saturated heterocycles. The minimum atomic E-state index is 0.320. The molecule has 0 spiro atoms. The molecule has 0 aliphatic heterocycles. The van der Waals surface area contributed by atoms with Gasteiger partial charge in [-0.3, -0.25) is 0 Å². The van der Waals surface area contributed by atoms with Gasteiger partial charge in [-0.2, -0.15) is 5.26 Å². The molecule has 0 aromatic heterocycles. The third-order valence-electron chi connectivity index (χ3n) is 3.74. The lowest BCUT2D eigenvalue weighted by Crippen LogP contribution is -2.26. The van der Waals surface area contributed by atoms with E-state index in [9.17, 15) is 0 Å². The Bertz CT molecular complexity index is 413. The summed E-state index contributed by atoms with van der Waals surface area (Å²) in [5.74, 6) is 0. The highest BCUT2D eigenvalue weighted by Crippen LogP contribution is 2.47. The average Bonchev–Trinajstić information content (AvgIpc) is 3.08. The zero-order valence-electron chi connectivity index (χ0n) is 10.5. The predicted octanol–water partition coefficient (Wildman–Crippen LogP) is 2.82. The molecule has 90 valence electrons. The van der Waals surface area contributed by atoms with E-state index < -0.39 is 0 Å². The fourth-order valence-corrected chi connectivity index (χ4v) is 2.23. The first kappa shape index (κ1) is 12.1. The van der Waals surface area contributed by atoms with Crippen molar-refractivity contribution < 1.29 is 0 Å². The van der Waals surface area contributed by atoms with Crippen LogP contribution in [0.4, 0.5) is 0 Å². The number of nitrogens with zero attached hydrogens (tertiary/aromatic N) is 1. The first-order valence-electron chi connectivity index (χ1n) is 6.38. The van der Waals surface area contributed by atoms with Gasteiger partial charge in [0.2, 0.25) is 0 Å². The summed E-state index contributed by atoms with van der Waals surface area (Å²) in [5.41, 5.74) is 3.11. The van der Waals surface area contributed by atoms with Gasteiger partial charge in [0.05, 0.1) is 6.07 Å². The molecule has 1 aromatic rings. The van der Waals surface area contributed by atoms with E-state index in [2.05, 4.69) is 42.6 Å². The standard InChI is InChI=1S/C15H20N2/c1-13-4-2-3-5-14(13)6-11-17-12-15(7-8-15)9-10-16/h2-5,17H,6-9,11-12H2,1H3. The number of aryl methyl sites for hydroxylation is 1. The molecule has 0 radical (unpaired) electrons. The first-order valence-corrected chi connectivity index (χ1v) is 6.38. The van der Waals surface area contributed by atoms with Crippen LogP contribution in [0.3, 0.4) is 0 Å². The van der Waals surface area contributed by atoms with E-state index in [1.807, 2.05) is 0 Å². The van der Waals surface area contributed by atoms with Crippen LogP contribution in [-0.4, -0.2) is 13.1 Å². The van der Waals surface area contributed by atoms with E-state index in [-0.39, 0.29) is 0 Å². The van der Waals surface area contributed by atoms with E-state index in [0.717, 1.165) is 19.5 Å². The number of nitriles is 1. The smallest absolute Gasteiger partial charge is 0.0628 e. The molecule has 1 fully saturated rings. The van der Waals surface area contributed by atoms with Gasteiger partial charge in [0.25, 0.3) is 0 Å². The maximum Gasteiger partial charge on any atom is 0.0628 e. The molecule has 0 atom stereocenters. The van der Waals surface area contributed by atoms with E-state index in [1.54, 1.807) is 0 Å². The molecule has 0 heterocycles. The SMILES string of the molecule is Cc1ccccc1CCNCC1(CC#N)CC1. The van der Waals surface area contributed by atoms with Gasteiger partial charge in [-0.25, -0.2) is 0 Å². The molecule has 1 N–H and O–H groups in total. The van der Waals surface area contributed by atoms with Gasteiger partial charge in [0, 0.05) is 13.0 Å². The second kappa shape index (κ2) is 5.33. The van der Waals surface area contributed by atoms with Crippen molar-refractivity contribution in [3.63, 3.8) is 0 Å². The lowest BCUT2D eigenvalue weighted by molar-refractivity contribution is 0.469. The zero-order valence-corrected chi connectivity index (χ0v) is 10.5. The zero-order chi connectivity index (χ0) is 12.1. The molecule has 2 heteroatoms. The topological polar surface area (TPSA) is 35.8 Å². The highest BCUT2D eigenvalue weighted by atomic mass is 14.9. The highest BCUT2D eigenvalue weighted by Gasteiger charge is 2.41. The maximum atomic E-state index is 8.74. The van der Waals surface area contributed by atoms with Crippen LogP contribution in [0.15, 0.2) is 24.3 Å². The number of rotatable bonds is 6. The van der Waals surface area contributed by atoms with Crippen molar-refractivity contribution in [1.29, 1.82) is 5.26 Å². The fraction of sp³-hybridized carbons (Fsp3) is 0.533. The molecule has 1 aromatic carbocycles. The number of benzene rings is 1. The van der Waals surface area contributed by atoms with Crippen molar-refractivity contribution in [1.82, 2.24) is 5.32 Å². The van der Waals surface area contributed by atoms with Crippen LogP contribution < -0.4 is 5.32 Å². The Labute approximate surface area is 104 Å². The lowest BCUT2D eigenvalue weighted by Gasteiger charge is -2.12. The summed E-state index contributed by atoms with van der Waals surface area (Å²) < 4.78 is 0. The van der Waals surface area contributed by atoms with Crippen LogP contribution in [-0.2, 0) is 6.42 Å². The monoisotopic (exact) mass is 228 g/mol. The summed E-state index contributed by atoms with van der Waals surface area (Å²) in [4.78, 5) is 0. The van der Waals surface area contributed by atoms with Crippen molar-refractivity contribution >= 4 is 0 Å². The van der Waals surface area contributed by atoms with Crippen molar-refractivity contribution in [2.45, 2.75) is 32.6 Å². The summed E-state index contributed by atoms with van der Waals surface area (Å²) in [6, 6.07) is 10.8. The minimum Gasteiger partial charge on any atom is -0.316 e. The van der Waals surface area contributed by atoms with E-state index in [0.29, 0.717) is 11.8 Å². The average molecular weight is 228 g/mol. The Morgan fingerprint density at radius 2 is 2.12 bits per heavy atom. The van der Waals surface area contributed by atoms with Crippen LogP contribution >= 0.6 is 0 Å². The Kier molecular flexibility index (Phi) is 3.81. The van der Waals surface area contributed by atoms with Crippen LogP contribution in [0.2, 0.25) is 0 Å². The van der Waals surface area contributed by atoms with E-state index in [1.165, 1.54) is 24.0 Å². The van der Waals surface area contributed by atoms with Crippen molar-refractivity contribution in [2.24, 2.45) is 5.41 Å². The second-order valence-electron chi connectivity index (χ2n) is 5.19. The Morgan fingerprint density at radius 3 is 2.76 bits per heavy atom. The number of nitrogens with one attached hydrogen (secondary N) is 1. The molecule has 17 heavy (non-hydrogen) atoms. The minimum absolute atomic E-state index is 0.320. The van der Waals surface area contributed by atoms with Gasteiger partial charge in [0.15, 0.2) is 0 Å². The maximum absolute atomic E-state index is 8.74. The van der Waals surface area contributed by atoms with Gasteiger partial charge in [-0.15, -0.1) is 0 Å². The predicted molar refractivity (Wildman–Crippen MR) is 69.6 cm³/mol. The van der Waals surface area contributed by atoms with Gasteiger partial charge < -0.3 is 5.32 Å². The fourth-order valence-electron chi connectivity index (χ4n) is 2.23. The summed E-state index contributed by atoms with van der Waals surface area (Å²) in [7, 11) is 0. The summed E-state index contributed by atoms with van der Waals surface area (Å²) >= 11 is 0. The molecular weight excluding hydrogens is 208 g/mol. The third kappa shape index (κ3) is 3.31. The molecule has 0 amide bonds. The molecule has 1 aliphatic carbocycles. The van der Waals surface area contributed by atoms with Crippen LogP contribution in [0.1, 0.15) is 30.4 Å². The van der Waals surface area contributed by atoms with Crippen molar-refractivity contribution in [3.8, 4) is 6.07 Å². The number of hydrogen-bond donors (Lipinski definition) is 1. The van der Waals surface area contributed by atoms with Crippen LogP contribution in [0.25, 0.3) is 0 Å². The largest absolute Gasteiger partial charge is 0.316 e. The van der Waals surface area contributed by atoms with Gasteiger partial charge in [-0.1, -0.05) is 24.3 Å². The molecule has 0 unspecified atom stereocenters. The molecule has 1 aliphatic rings. The van der Waals surface area contributed by atoms with Gasteiger partial charge in [-0.05, 0) is 49.3 Å². The molecule has 0 bridgehead atoms. The molecular formula is C15H20N2. The number of hydrogen-bond acceptors (Lipinski definition) is 2. The molecule has 1 saturated carbocycles. The lowest BCUT2D eigenvalue weighted by atomic mass is 10.0. The van der Waals surface area contributed by atoms with E-state index in [4.69, 9.17) is 5.26 Å². The summed E-state index contributed by atoms with van der Waals surface area (Å²) in [6.07, 6.45) is 4.23. The Balaban J connectivity index is 1.71. The van der Waals surface area contributed by atoms with Crippen LogP contribution in [0.5, 0.6) is 0 Å². The molecule has 2 nitrogen and oxygen atoms in total. The molecule has 2 rings (SSSR count). The van der Waals surface area contributed by atoms with Gasteiger partial charge in [0.1, 0.15) is 0 Å². The van der Waals surface area contributed by atoms with Crippen LogP contribution in [0, 0.1) is 23.7 Å². The Morgan fingerprint density at radius 1 is 1.35 bits per heavy atom. The van der Waals surface area contributed by atoms with Gasteiger partial charge >= 0.3 is 0 Å².